The maximum atomic E-state index is 13.5. The molecular formula is C22H15Cl3FN3O. The molecule has 2 aromatic carbocycles. The van der Waals surface area contributed by atoms with Crippen LogP contribution in [0.3, 0.4) is 0 Å². The van der Waals surface area contributed by atoms with Crippen molar-refractivity contribution in [3.63, 3.8) is 0 Å². The van der Waals surface area contributed by atoms with Gasteiger partial charge in [0.1, 0.15) is 17.5 Å². The minimum absolute atomic E-state index is 0.0100. The third-order valence-electron chi connectivity index (χ3n) is 4.47. The highest BCUT2D eigenvalue weighted by Gasteiger charge is 2.15. The molecule has 0 saturated heterocycles. The van der Waals surface area contributed by atoms with Crippen LogP contribution in [0, 0.1) is 31.0 Å². The number of amides is 1. The number of carbonyl (C=O) groups is 1. The number of hydrogen-bond donors (Lipinski definition) is 1. The number of hydrogen-bond acceptors (Lipinski definition) is 2. The topological polar surface area (TPSA) is 57.8 Å². The highest BCUT2D eigenvalue weighted by Crippen LogP contribution is 2.27. The Kier molecular flexibility index (Phi) is 6.52. The number of nitriles is 1. The number of aryl methyl sites for hydroxylation is 1. The van der Waals surface area contributed by atoms with E-state index < -0.39 is 11.7 Å². The molecule has 0 aliphatic carbocycles. The lowest BCUT2D eigenvalue weighted by molar-refractivity contribution is -0.112. The van der Waals surface area contributed by atoms with E-state index in [1.807, 2.05) is 30.6 Å². The Morgan fingerprint density at radius 2 is 1.80 bits per heavy atom. The molecule has 4 nitrogen and oxygen atoms in total. The minimum atomic E-state index is -0.578. The van der Waals surface area contributed by atoms with Gasteiger partial charge in [0.05, 0.1) is 15.1 Å². The quantitative estimate of drug-likeness (QED) is 0.345. The van der Waals surface area contributed by atoms with Gasteiger partial charge in [-0.3, -0.25) is 4.79 Å². The molecule has 1 aromatic heterocycles. The molecule has 0 aliphatic heterocycles. The summed E-state index contributed by atoms with van der Waals surface area (Å²) in [5.74, 6) is -1.08. The average molecular weight is 463 g/mol. The predicted octanol–water partition coefficient (Wildman–Crippen LogP) is 6.74. The van der Waals surface area contributed by atoms with Crippen molar-refractivity contribution in [1.82, 2.24) is 4.57 Å². The molecule has 8 heteroatoms. The van der Waals surface area contributed by atoms with Crippen molar-refractivity contribution < 1.29 is 9.18 Å². The number of anilines is 1. The van der Waals surface area contributed by atoms with Gasteiger partial charge >= 0.3 is 0 Å². The van der Waals surface area contributed by atoms with Gasteiger partial charge in [0.15, 0.2) is 0 Å². The molecule has 0 bridgehead atoms. The van der Waals surface area contributed by atoms with E-state index in [2.05, 4.69) is 5.32 Å². The number of nitrogens with one attached hydrogen (secondary N) is 1. The standard InChI is InChI=1S/C22H15Cl3FN3O/c1-12-7-14(13(2)29(12)17-4-6-21(26)20(25)10-17)8-15(11-27)22(30)28-16-3-5-18(23)19(24)9-16/h3-10H,1-2H3,(H,28,30)/b15-8-. The van der Waals surface area contributed by atoms with Crippen molar-refractivity contribution in [3.05, 3.63) is 85.9 Å². The fourth-order valence-electron chi connectivity index (χ4n) is 3.03. The second kappa shape index (κ2) is 8.93. The van der Waals surface area contributed by atoms with E-state index in [4.69, 9.17) is 34.8 Å². The van der Waals surface area contributed by atoms with Crippen molar-refractivity contribution in [3.8, 4) is 11.8 Å². The summed E-state index contributed by atoms with van der Waals surface area (Å²) in [6, 6.07) is 12.8. The van der Waals surface area contributed by atoms with Crippen LogP contribution in [0.25, 0.3) is 11.8 Å². The Morgan fingerprint density at radius 1 is 1.07 bits per heavy atom. The van der Waals surface area contributed by atoms with E-state index in [-0.39, 0.29) is 10.6 Å². The number of aromatic nitrogens is 1. The molecule has 1 heterocycles. The normalized spacial score (nSPS) is 11.3. The molecule has 0 radical (unpaired) electrons. The molecular weight excluding hydrogens is 448 g/mol. The van der Waals surface area contributed by atoms with Crippen LogP contribution < -0.4 is 5.32 Å². The summed E-state index contributed by atoms with van der Waals surface area (Å²) >= 11 is 17.7. The summed E-state index contributed by atoms with van der Waals surface area (Å²) in [6.07, 6.45) is 1.50. The van der Waals surface area contributed by atoms with Gasteiger partial charge in [0, 0.05) is 22.8 Å². The molecule has 0 saturated carbocycles. The van der Waals surface area contributed by atoms with Gasteiger partial charge in [-0.05, 0) is 68.0 Å². The molecule has 0 fully saturated rings. The molecule has 1 N–H and O–H groups in total. The third-order valence-corrected chi connectivity index (χ3v) is 5.50. The van der Waals surface area contributed by atoms with E-state index >= 15 is 0 Å². The average Bonchev–Trinajstić information content (AvgIpc) is 2.98. The zero-order valence-electron chi connectivity index (χ0n) is 15.9. The number of halogens is 4. The maximum Gasteiger partial charge on any atom is 0.266 e. The molecule has 0 spiro atoms. The maximum absolute atomic E-state index is 13.5. The zero-order chi connectivity index (χ0) is 22.0. The van der Waals surface area contributed by atoms with Crippen LogP contribution >= 0.6 is 34.8 Å². The highest BCUT2D eigenvalue weighted by atomic mass is 35.5. The number of rotatable bonds is 4. The first-order chi connectivity index (χ1) is 14.2. The highest BCUT2D eigenvalue weighted by molar-refractivity contribution is 6.42. The summed E-state index contributed by atoms with van der Waals surface area (Å²) < 4.78 is 15.4. The molecule has 30 heavy (non-hydrogen) atoms. The van der Waals surface area contributed by atoms with E-state index in [1.54, 1.807) is 18.2 Å². The van der Waals surface area contributed by atoms with Gasteiger partial charge in [-0.25, -0.2) is 4.39 Å². The first-order valence-corrected chi connectivity index (χ1v) is 9.87. The molecule has 152 valence electrons. The summed E-state index contributed by atoms with van der Waals surface area (Å²) in [7, 11) is 0. The van der Waals surface area contributed by atoms with Crippen molar-refractivity contribution in [2.24, 2.45) is 0 Å². The Hall–Kier alpha value is -2.78. The lowest BCUT2D eigenvalue weighted by Gasteiger charge is -2.10. The first kappa shape index (κ1) is 21.9. The summed E-state index contributed by atoms with van der Waals surface area (Å²) in [4.78, 5) is 12.6. The number of carbonyl (C=O) groups excluding carboxylic acids is 1. The lowest BCUT2D eigenvalue weighted by atomic mass is 10.1. The van der Waals surface area contributed by atoms with Crippen LogP contribution in [0.5, 0.6) is 0 Å². The SMILES string of the molecule is Cc1cc(/C=C(/C#N)C(=O)Nc2ccc(Cl)c(Cl)c2)c(C)n1-c1ccc(F)c(Cl)c1. The molecule has 1 amide bonds. The van der Waals surface area contributed by atoms with Crippen LogP contribution in [0.2, 0.25) is 15.1 Å². The van der Waals surface area contributed by atoms with Crippen LogP contribution in [0.1, 0.15) is 17.0 Å². The third kappa shape index (κ3) is 4.52. The minimum Gasteiger partial charge on any atom is -0.321 e. The number of benzene rings is 2. The second-order valence-electron chi connectivity index (χ2n) is 6.51. The Balaban J connectivity index is 1.94. The summed E-state index contributed by atoms with van der Waals surface area (Å²) in [5, 5.41) is 12.8. The lowest BCUT2D eigenvalue weighted by Crippen LogP contribution is -2.13. The van der Waals surface area contributed by atoms with Crippen molar-refractivity contribution in [2.45, 2.75) is 13.8 Å². The zero-order valence-corrected chi connectivity index (χ0v) is 18.2. The van der Waals surface area contributed by atoms with Crippen LogP contribution in [-0.4, -0.2) is 10.5 Å². The monoisotopic (exact) mass is 461 g/mol. The van der Waals surface area contributed by atoms with Crippen LogP contribution in [0.15, 0.2) is 48.0 Å². The van der Waals surface area contributed by atoms with Gasteiger partial charge < -0.3 is 9.88 Å². The summed E-state index contributed by atoms with van der Waals surface area (Å²) in [6.45, 7) is 3.70. The molecule has 3 rings (SSSR count). The largest absolute Gasteiger partial charge is 0.321 e. The molecule has 3 aromatic rings. The van der Waals surface area contributed by atoms with Gasteiger partial charge in [-0.15, -0.1) is 0 Å². The molecule has 0 unspecified atom stereocenters. The van der Waals surface area contributed by atoms with Crippen molar-refractivity contribution in [1.29, 1.82) is 5.26 Å². The Morgan fingerprint density at radius 3 is 2.43 bits per heavy atom. The van der Waals surface area contributed by atoms with Crippen molar-refractivity contribution >= 4 is 52.5 Å². The summed E-state index contributed by atoms with van der Waals surface area (Å²) in [5.41, 5.74) is 3.29. The first-order valence-electron chi connectivity index (χ1n) is 8.74. The van der Waals surface area contributed by atoms with E-state index in [1.165, 1.54) is 24.3 Å². The fourth-order valence-corrected chi connectivity index (χ4v) is 3.50. The molecule has 0 aliphatic rings. The van der Waals surface area contributed by atoms with Gasteiger partial charge in [-0.1, -0.05) is 34.8 Å². The van der Waals surface area contributed by atoms with Gasteiger partial charge in [0.25, 0.3) is 5.91 Å². The smallest absolute Gasteiger partial charge is 0.266 e. The second-order valence-corrected chi connectivity index (χ2v) is 7.73. The van der Waals surface area contributed by atoms with E-state index in [0.717, 1.165) is 11.4 Å². The molecule has 0 atom stereocenters. The van der Waals surface area contributed by atoms with Crippen LogP contribution in [0.4, 0.5) is 10.1 Å². The van der Waals surface area contributed by atoms with Gasteiger partial charge in [0.2, 0.25) is 0 Å². The van der Waals surface area contributed by atoms with E-state index in [9.17, 15) is 14.4 Å². The van der Waals surface area contributed by atoms with E-state index in [0.29, 0.717) is 27.0 Å². The number of nitrogens with zero attached hydrogens (tertiary/aromatic N) is 2. The Bertz CT molecular complexity index is 1230. The van der Waals surface area contributed by atoms with Gasteiger partial charge in [-0.2, -0.15) is 5.26 Å². The van der Waals surface area contributed by atoms with Crippen molar-refractivity contribution in [2.75, 3.05) is 5.32 Å². The van der Waals surface area contributed by atoms with Crippen LogP contribution in [-0.2, 0) is 4.79 Å². The predicted molar refractivity (Wildman–Crippen MR) is 119 cm³/mol. The Labute approximate surface area is 188 Å². The fraction of sp³-hybridized carbons (Fsp3) is 0.0909.